The molecule has 10 heteroatoms. The van der Waals surface area contributed by atoms with Crippen LogP contribution in [-0.2, 0) is 15.0 Å². The Kier molecular flexibility index (Phi) is 6.83. The lowest BCUT2D eigenvalue weighted by Gasteiger charge is -2.47. The summed E-state index contributed by atoms with van der Waals surface area (Å²) in [5.74, 6) is -3.39. The average molecular weight is 596 g/mol. The Morgan fingerprint density at radius 1 is 1.02 bits per heavy atom. The van der Waals surface area contributed by atoms with Gasteiger partial charge in [0, 0.05) is 34.9 Å². The molecule has 7 nitrogen and oxygen atoms in total. The Hall–Kier alpha value is -3.46. The second-order valence-electron chi connectivity index (χ2n) is 11.1. The van der Waals surface area contributed by atoms with Crippen molar-refractivity contribution in [2.24, 2.45) is 0 Å². The summed E-state index contributed by atoms with van der Waals surface area (Å²) in [4.78, 5) is 41.6. The molecular weight excluding hydrogens is 568 g/mol. The zero-order valence-electron chi connectivity index (χ0n) is 22.2. The summed E-state index contributed by atoms with van der Waals surface area (Å²) in [7, 11) is 1.59. The van der Waals surface area contributed by atoms with Gasteiger partial charge in [0.25, 0.3) is 0 Å². The molecule has 2 aliphatic heterocycles. The molecular formula is C31H28Cl2FN3O4. The fourth-order valence-corrected chi connectivity index (χ4v) is 7.72. The van der Waals surface area contributed by atoms with Gasteiger partial charge in [0.05, 0.1) is 16.6 Å². The quantitative estimate of drug-likeness (QED) is 0.336. The number of carboxylic acids is 1. The lowest BCUT2D eigenvalue weighted by atomic mass is 9.55. The van der Waals surface area contributed by atoms with E-state index in [0.29, 0.717) is 34.8 Å². The van der Waals surface area contributed by atoms with Crippen molar-refractivity contribution in [2.45, 2.75) is 55.0 Å². The molecule has 41 heavy (non-hydrogen) atoms. The van der Waals surface area contributed by atoms with E-state index in [4.69, 9.17) is 23.2 Å². The third kappa shape index (κ3) is 4.07. The van der Waals surface area contributed by atoms with Crippen LogP contribution in [0.2, 0.25) is 10.0 Å². The molecule has 0 unspecified atom stereocenters. The highest BCUT2D eigenvalue weighted by molar-refractivity contribution is 6.31. The van der Waals surface area contributed by atoms with Crippen molar-refractivity contribution in [2.75, 3.05) is 17.3 Å². The summed E-state index contributed by atoms with van der Waals surface area (Å²) in [5.41, 5.74) is -0.213. The molecule has 3 atom stereocenters. The van der Waals surface area contributed by atoms with Gasteiger partial charge in [-0.3, -0.25) is 14.9 Å². The smallest absolute Gasteiger partial charge is 0.335 e. The van der Waals surface area contributed by atoms with Crippen LogP contribution in [0.4, 0.5) is 15.8 Å². The summed E-state index contributed by atoms with van der Waals surface area (Å²) >= 11 is 12.6. The van der Waals surface area contributed by atoms with E-state index >= 15 is 4.39 Å². The predicted molar refractivity (Wildman–Crippen MR) is 155 cm³/mol. The predicted octanol–water partition coefficient (Wildman–Crippen LogP) is 6.14. The van der Waals surface area contributed by atoms with Gasteiger partial charge in [0.15, 0.2) is 0 Å². The molecule has 212 valence electrons. The number of halogens is 3. The van der Waals surface area contributed by atoms with Gasteiger partial charge in [0.1, 0.15) is 11.2 Å². The molecule has 2 fully saturated rings. The van der Waals surface area contributed by atoms with Crippen LogP contribution in [0, 0.1) is 5.82 Å². The van der Waals surface area contributed by atoms with E-state index < -0.39 is 34.7 Å². The number of benzene rings is 3. The number of aromatic carboxylic acids is 1. The average Bonchev–Trinajstić information content (AvgIpc) is 3.41. The van der Waals surface area contributed by atoms with E-state index in [1.54, 1.807) is 43.4 Å². The van der Waals surface area contributed by atoms with Crippen molar-refractivity contribution in [3.63, 3.8) is 0 Å². The highest BCUT2D eigenvalue weighted by Gasteiger charge is 2.72. The molecule has 3 N–H and O–H groups in total. The number of likely N-dealkylation sites (N-methyl/N-ethyl adjacent to an activating group) is 1. The number of carboxylic acid groups (broad SMARTS) is 1. The summed E-state index contributed by atoms with van der Waals surface area (Å²) < 4.78 is 16.0. The van der Waals surface area contributed by atoms with Crippen molar-refractivity contribution in [1.29, 1.82) is 0 Å². The first-order chi connectivity index (χ1) is 19.6. The fourth-order valence-electron chi connectivity index (χ4n) is 7.37. The minimum Gasteiger partial charge on any atom is -0.478 e. The Balaban J connectivity index is 1.57. The topological polar surface area (TPSA) is 98.7 Å². The standard InChI is InChI=1S/C31H28Cl2FN3O4/c1-37(19-11-8-17(9-12-19)28(39)40)27(38)26-24(20-6-5-7-22(33)25(20)34)31(30(36-26)14-3-2-4-15-30)21-13-10-18(32)16-23(21)35-29(31)41/h5-13,16,24,26,36H,2-4,14-15H2,1H3,(H,35,41)(H,39,40)/t24-,26+,31+/m0/s1. The molecule has 2 heterocycles. The van der Waals surface area contributed by atoms with E-state index in [0.717, 1.165) is 19.3 Å². The number of hydrogen-bond donors (Lipinski definition) is 3. The van der Waals surface area contributed by atoms with Crippen LogP contribution in [-0.4, -0.2) is 41.5 Å². The minimum atomic E-state index is -1.33. The van der Waals surface area contributed by atoms with E-state index in [1.165, 1.54) is 23.1 Å². The summed E-state index contributed by atoms with van der Waals surface area (Å²) in [6.07, 6.45) is 3.88. The molecule has 2 amide bonds. The number of nitrogens with one attached hydrogen (secondary N) is 2. The molecule has 0 radical (unpaired) electrons. The van der Waals surface area contributed by atoms with Crippen molar-refractivity contribution < 1.29 is 23.9 Å². The number of fused-ring (bicyclic) bond motifs is 3. The Morgan fingerprint density at radius 2 is 1.73 bits per heavy atom. The second-order valence-corrected chi connectivity index (χ2v) is 11.9. The van der Waals surface area contributed by atoms with Gasteiger partial charge >= 0.3 is 5.97 Å². The number of carbonyl (C=O) groups excluding carboxylic acids is 2. The lowest BCUT2D eigenvalue weighted by Crippen LogP contribution is -2.60. The largest absolute Gasteiger partial charge is 0.478 e. The Morgan fingerprint density at radius 3 is 2.41 bits per heavy atom. The molecule has 3 aliphatic rings. The number of hydrogen-bond acceptors (Lipinski definition) is 4. The van der Waals surface area contributed by atoms with Crippen molar-refractivity contribution in [3.05, 3.63) is 93.2 Å². The molecule has 3 aromatic rings. The van der Waals surface area contributed by atoms with E-state index in [-0.39, 0.29) is 28.0 Å². The van der Waals surface area contributed by atoms with E-state index in [9.17, 15) is 19.5 Å². The van der Waals surface area contributed by atoms with Crippen molar-refractivity contribution in [1.82, 2.24) is 5.32 Å². The number of nitrogens with zero attached hydrogens (tertiary/aromatic N) is 1. The third-order valence-corrected chi connectivity index (χ3v) is 9.65. The summed E-state index contributed by atoms with van der Waals surface area (Å²) in [5, 5.41) is 16.3. The van der Waals surface area contributed by atoms with Gasteiger partial charge in [0.2, 0.25) is 11.8 Å². The first-order valence-electron chi connectivity index (χ1n) is 13.5. The maximum absolute atomic E-state index is 16.0. The summed E-state index contributed by atoms with van der Waals surface area (Å²) in [6.45, 7) is 0. The normalized spacial score (nSPS) is 24.3. The van der Waals surface area contributed by atoms with Crippen molar-refractivity contribution in [3.8, 4) is 0 Å². The Labute approximate surface area is 246 Å². The lowest BCUT2D eigenvalue weighted by molar-refractivity contribution is -0.124. The summed E-state index contributed by atoms with van der Waals surface area (Å²) in [6, 6.07) is 14.8. The number of anilines is 2. The molecule has 6 rings (SSSR count). The maximum atomic E-state index is 16.0. The van der Waals surface area contributed by atoms with Crippen LogP contribution in [0.15, 0.2) is 60.7 Å². The Bertz CT molecular complexity index is 1570. The highest BCUT2D eigenvalue weighted by atomic mass is 35.5. The first kappa shape index (κ1) is 27.7. The molecule has 3 aromatic carbocycles. The van der Waals surface area contributed by atoms with Crippen LogP contribution < -0.4 is 15.5 Å². The van der Waals surface area contributed by atoms with E-state index in [1.807, 2.05) is 6.07 Å². The number of rotatable bonds is 4. The zero-order valence-corrected chi connectivity index (χ0v) is 23.7. The monoisotopic (exact) mass is 595 g/mol. The highest BCUT2D eigenvalue weighted by Crippen LogP contribution is 2.63. The van der Waals surface area contributed by atoms with Crippen LogP contribution in [0.5, 0.6) is 0 Å². The van der Waals surface area contributed by atoms with E-state index in [2.05, 4.69) is 10.6 Å². The SMILES string of the molecule is CN(C(=O)[C@@H]1NC2(CCCCC2)[C@@]2(C(=O)Nc3cc(Cl)ccc32)[C@H]1c1cccc(Cl)c1F)c1ccc(C(=O)O)cc1. The maximum Gasteiger partial charge on any atom is 0.335 e. The zero-order chi connectivity index (χ0) is 29.1. The van der Waals surface area contributed by atoms with Crippen LogP contribution in [0.25, 0.3) is 0 Å². The molecule has 1 aliphatic carbocycles. The van der Waals surface area contributed by atoms with Gasteiger partial charge in [-0.05, 0) is 66.4 Å². The van der Waals surface area contributed by atoms with Crippen molar-refractivity contribution >= 4 is 52.4 Å². The molecule has 1 saturated heterocycles. The second kappa shape index (κ2) is 10.1. The molecule has 0 aromatic heterocycles. The van der Waals surface area contributed by atoms with Crippen LogP contribution in [0.3, 0.4) is 0 Å². The number of carbonyl (C=O) groups is 3. The first-order valence-corrected chi connectivity index (χ1v) is 14.3. The number of amides is 2. The minimum absolute atomic E-state index is 0.0884. The van der Waals surface area contributed by atoms with Gasteiger partial charge < -0.3 is 15.3 Å². The molecule has 0 bridgehead atoms. The molecule has 2 spiro atoms. The van der Waals surface area contributed by atoms with Gasteiger partial charge in [-0.15, -0.1) is 0 Å². The van der Waals surface area contributed by atoms with Gasteiger partial charge in [-0.2, -0.15) is 0 Å². The van der Waals surface area contributed by atoms with Crippen LogP contribution in [0.1, 0.15) is 59.5 Å². The van der Waals surface area contributed by atoms with Gasteiger partial charge in [-0.25, -0.2) is 9.18 Å². The third-order valence-electron chi connectivity index (χ3n) is 9.12. The van der Waals surface area contributed by atoms with Gasteiger partial charge in [-0.1, -0.05) is 60.7 Å². The fraction of sp³-hybridized carbons (Fsp3) is 0.323. The molecule has 1 saturated carbocycles. The van der Waals surface area contributed by atoms with Crippen LogP contribution >= 0.6 is 23.2 Å².